The molecule has 0 unspecified atom stereocenters. The van der Waals surface area contributed by atoms with Crippen LogP contribution in [0.25, 0.3) is 0 Å². The summed E-state index contributed by atoms with van der Waals surface area (Å²) in [5.74, 6) is 0. The summed E-state index contributed by atoms with van der Waals surface area (Å²) in [5.41, 5.74) is -5.20. The summed E-state index contributed by atoms with van der Waals surface area (Å²) in [7, 11) is -7.60. The average Bonchev–Trinajstić information content (AvgIpc) is 1.52. The molecular weight excluding hydrogens is 218 g/mol. The quantitative estimate of drug-likeness (QED) is 0.713. The molecule has 13 heavy (non-hydrogen) atoms. The molecule has 3 nitrogen and oxygen atoms in total. The first-order valence-corrected chi connectivity index (χ1v) is 8.04. The van der Waals surface area contributed by atoms with Crippen LogP contribution < -0.4 is 4.39 Å². The molecule has 0 aliphatic rings. The predicted molar refractivity (Wildman–Crippen MR) is 47.2 cm³/mol. The standard InChI is InChI=1S/C4H10F3NO2SSi.Li/c1-12(2,3)8-11(9,10)4(5,6)7;/h8H,1-3H3;. The van der Waals surface area contributed by atoms with Gasteiger partial charge in [-0.15, -0.1) is 0 Å². The van der Waals surface area contributed by atoms with E-state index < -0.39 is 23.8 Å². The Morgan fingerprint density at radius 2 is 1.46 bits per heavy atom. The van der Waals surface area contributed by atoms with Gasteiger partial charge in [-0.3, -0.25) is 0 Å². The second kappa shape index (κ2) is 4.36. The van der Waals surface area contributed by atoms with E-state index in [-0.39, 0.29) is 18.9 Å². The molecule has 0 rings (SSSR count). The van der Waals surface area contributed by atoms with Gasteiger partial charge < -0.3 is 0 Å². The molecule has 0 heterocycles. The molecule has 75 valence electrons. The number of sulfonamides is 1. The first-order valence-electron chi connectivity index (χ1n) is 3.06. The second-order valence-electron chi connectivity index (χ2n) is 3.30. The van der Waals surface area contributed by atoms with Crippen LogP contribution in [0.2, 0.25) is 19.6 Å². The maximum absolute atomic E-state index is 11.7. The summed E-state index contributed by atoms with van der Waals surface area (Å²) in [6.07, 6.45) is 0. The van der Waals surface area contributed by atoms with E-state index in [4.69, 9.17) is 0 Å². The first-order chi connectivity index (χ1) is 4.96. The van der Waals surface area contributed by atoms with Crippen LogP contribution in [0.1, 0.15) is 0 Å². The van der Waals surface area contributed by atoms with E-state index >= 15 is 0 Å². The SMILES string of the molecule is C[Si](C)(C)NS(=O)(=O)C(F)(F)F.[Li]. The summed E-state index contributed by atoms with van der Waals surface area (Å²) in [6, 6.07) is 0. The Morgan fingerprint density at radius 1 is 1.15 bits per heavy atom. The molecule has 0 aromatic carbocycles. The Bertz CT molecular complexity index is 258. The number of hydrogen-bond donors (Lipinski definition) is 1. The van der Waals surface area contributed by atoms with Crippen molar-refractivity contribution in [3.63, 3.8) is 0 Å². The van der Waals surface area contributed by atoms with Crippen LogP contribution in [0.3, 0.4) is 0 Å². The third kappa shape index (κ3) is 5.75. The number of hydrogen-bond acceptors (Lipinski definition) is 2. The molecule has 0 aromatic rings. The van der Waals surface area contributed by atoms with Gasteiger partial charge in [0.25, 0.3) is 0 Å². The van der Waals surface area contributed by atoms with Crippen molar-refractivity contribution in [3.8, 4) is 0 Å². The van der Waals surface area contributed by atoms with E-state index in [0.29, 0.717) is 0 Å². The molecule has 0 saturated carbocycles. The fourth-order valence-corrected chi connectivity index (χ4v) is 4.15. The Kier molecular flexibility index (Phi) is 5.35. The van der Waals surface area contributed by atoms with Crippen molar-refractivity contribution in [3.05, 3.63) is 0 Å². The van der Waals surface area contributed by atoms with Crippen molar-refractivity contribution in [2.45, 2.75) is 25.1 Å². The zero-order valence-electron chi connectivity index (χ0n) is 7.86. The van der Waals surface area contributed by atoms with Crippen molar-refractivity contribution in [1.29, 1.82) is 0 Å². The third-order valence-electron chi connectivity index (χ3n) is 0.745. The predicted octanol–water partition coefficient (Wildman–Crippen LogP) is 0.880. The second-order valence-corrected chi connectivity index (χ2v) is 10.1. The zero-order chi connectivity index (χ0) is 10.2. The Balaban J connectivity index is 0. The van der Waals surface area contributed by atoms with Crippen molar-refractivity contribution >= 4 is 37.1 Å². The van der Waals surface area contributed by atoms with Gasteiger partial charge in [0.2, 0.25) is 0 Å². The molecule has 0 aromatic heterocycles. The fraction of sp³-hybridized carbons (Fsp3) is 1.00. The van der Waals surface area contributed by atoms with Gasteiger partial charge >= 0.3 is 15.5 Å². The van der Waals surface area contributed by atoms with Crippen LogP contribution in [0, 0.1) is 0 Å². The largest absolute Gasteiger partial charge is 0.510 e. The van der Waals surface area contributed by atoms with Gasteiger partial charge in [0.1, 0.15) is 8.24 Å². The maximum Gasteiger partial charge on any atom is 0.510 e. The molecule has 0 aliphatic carbocycles. The normalized spacial score (nSPS) is 13.7. The Labute approximate surface area is 88.4 Å². The third-order valence-corrected chi connectivity index (χ3v) is 4.88. The van der Waals surface area contributed by atoms with Crippen LogP contribution in [-0.2, 0) is 10.0 Å². The van der Waals surface area contributed by atoms with Crippen LogP contribution in [0.5, 0.6) is 0 Å². The van der Waals surface area contributed by atoms with E-state index in [2.05, 4.69) is 0 Å². The maximum atomic E-state index is 11.7. The molecule has 9 heteroatoms. The molecule has 0 saturated heterocycles. The van der Waals surface area contributed by atoms with Crippen molar-refractivity contribution < 1.29 is 21.6 Å². The van der Waals surface area contributed by atoms with Crippen LogP contribution in [0.15, 0.2) is 0 Å². The Morgan fingerprint density at radius 3 is 1.54 bits per heavy atom. The minimum absolute atomic E-state index is 0. The van der Waals surface area contributed by atoms with Gasteiger partial charge in [-0.1, -0.05) is 19.6 Å². The van der Waals surface area contributed by atoms with E-state index in [9.17, 15) is 21.6 Å². The van der Waals surface area contributed by atoms with Crippen LogP contribution in [-0.4, -0.2) is 41.0 Å². The molecule has 0 atom stereocenters. The topological polar surface area (TPSA) is 46.2 Å². The summed E-state index contributed by atoms with van der Waals surface area (Å²) in [4.78, 5) is 0. The summed E-state index contributed by atoms with van der Waals surface area (Å²) in [6.45, 7) is 4.41. The molecule has 0 fully saturated rings. The van der Waals surface area contributed by atoms with Gasteiger partial charge in [-0.05, 0) is 0 Å². The minimum atomic E-state index is -5.20. The number of rotatable bonds is 2. The van der Waals surface area contributed by atoms with Gasteiger partial charge in [0.05, 0.1) is 0 Å². The summed E-state index contributed by atoms with van der Waals surface area (Å²) >= 11 is 0. The molecule has 0 amide bonds. The van der Waals surface area contributed by atoms with Crippen LogP contribution >= 0.6 is 0 Å². The fourth-order valence-electron chi connectivity index (χ4n) is 0.461. The Hall–Kier alpha value is 0.514. The first kappa shape index (κ1) is 16.0. The minimum Gasteiger partial charge on any atom is -0.230 e. The molecular formula is C4H10F3LiNO2SSi. The van der Waals surface area contributed by atoms with Crippen LogP contribution in [0.4, 0.5) is 13.2 Å². The van der Waals surface area contributed by atoms with Gasteiger partial charge in [0, 0.05) is 18.9 Å². The van der Waals surface area contributed by atoms with E-state index in [1.165, 1.54) is 19.6 Å². The van der Waals surface area contributed by atoms with E-state index in [0.717, 1.165) is 0 Å². The van der Waals surface area contributed by atoms with Gasteiger partial charge in [-0.2, -0.15) is 13.2 Å². The smallest absolute Gasteiger partial charge is 0.230 e. The average molecular weight is 228 g/mol. The van der Waals surface area contributed by atoms with Crippen molar-refractivity contribution in [2.24, 2.45) is 0 Å². The van der Waals surface area contributed by atoms with Crippen molar-refractivity contribution in [2.75, 3.05) is 0 Å². The zero-order valence-corrected chi connectivity index (χ0v) is 9.68. The van der Waals surface area contributed by atoms with Crippen molar-refractivity contribution in [1.82, 2.24) is 4.39 Å². The van der Waals surface area contributed by atoms with Gasteiger partial charge in [0.15, 0.2) is 0 Å². The monoisotopic (exact) mass is 228 g/mol. The van der Waals surface area contributed by atoms with E-state index in [1.54, 1.807) is 4.39 Å². The molecule has 1 radical (unpaired) electrons. The summed E-state index contributed by atoms with van der Waals surface area (Å²) in [5, 5.41) is 0. The number of halogens is 3. The number of nitrogens with one attached hydrogen (secondary N) is 1. The van der Waals surface area contributed by atoms with Gasteiger partial charge in [-0.25, -0.2) is 12.8 Å². The molecule has 0 spiro atoms. The summed E-state index contributed by atoms with van der Waals surface area (Å²) < 4.78 is 57.8. The molecule has 1 N–H and O–H groups in total. The molecule has 0 aliphatic heterocycles. The number of alkyl halides is 3. The van der Waals surface area contributed by atoms with E-state index in [1.807, 2.05) is 0 Å². The molecule has 0 bridgehead atoms.